The molecule has 0 fully saturated rings. The molecule has 0 N–H and O–H groups in total. The summed E-state index contributed by atoms with van der Waals surface area (Å²) in [5.41, 5.74) is 5.26. The zero-order chi connectivity index (χ0) is 26.0. The Hall–Kier alpha value is -1.93. The highest BCUT2D eigenvalue weighted by atomic mass is 16.1. The maximum absolute atomic E-state index is 12.2. The lowest BCUT2D eigenvalue weighted by Crippen LogP contribution is -2.11. The largest absolute Gasteiger partial charge is 0.305 e. The van der Waals surface area contributed by atoms with Crippen LogP contribution in [0.5, 0.6) is 0 Å². The number of benzene rings is 2. The van der Waals surface area contributed by atoms with Gasteiger partial charge in [0.1, 0.15) is 5.78 Å². The Labute approximate surface area is 222 Å². The van der Waals surface area contributed by atoms with Crippen molar-refractivity contribution >= 4 is 5.78 Å². The second-order valence-corrected chi connectivity index (χ2v) is 11.2. The van der Waals surface area contributed by atoms with Gasteiger partial charge in [0.25, 0.3) is 0 Å². The number of aryl methyl sites for hydroxylation is 1. The summed E-state index contributed by atoms with van der Waals surface area (Å²) in [5, 5.41) is 0. The SMILES string of the molecule is CCCCCCCCCCCCCC(CCCc1ccc(-c2ccc(CN(C)C)cc2)cc1)C(C)=O. The first-order valence-corrected chi connectivity index (χ1v) is 14.8. The van der Waals surface area contributed by atoms with Crippen molar-refractivity contribution in [3.8, 4) is 11.1 Å². The third kappa shape index (κ3) is 12.9. The molecule has 0 spiro atoms. The van der Waals surface area contributed by atoms with E-state index in [9.17, 15) is 4.79 Å². The third-order valence-corrected chi connectivity index (χ3v) is 7.49. The number of carbonyl (C=O) groups is 1. The van der Waals surface area contributed by atoms with E-state index in [-0.39, 0.29) is 5.92 Å². The minimum absolute atomic E-state index is 0.253. The van der Waals surface area contributed by atoms with Gasteiger partial charge in [-0.25, -0.2) is 0 Å². The van der Waals surface area contributed by atoms with Crippen LogP contribution in [0.3, 0.4) is 0 Å². The van der Waals surface area contributed by atoms with Gasteiger partial charge in [-0.3, -0.25) is 4.79 Å². The summed E-state index contributed by atoms with van der Waals surface area (Å²) in [6.45, 7) is 5.05. The molecule has 2 aromatic carbocycles. The van der Waals surface area contributed by atoms with Crippen LogP contribution in [-0.4, -0.2) is 24.8 Å². The van der Waals surface area contributed by atoms with E-state index in [1.54, 1.807) is 6.92 Å². The quantitative estimate of drug-likeness (QED) is 0.172. The number of unbranched alkanes of at least 4 members (excludes halogenated alkanes) is 10. The normalized spacial score (nSPS) is 12.2. The minimum atomic E-state index is 0.253. The molecule has 2 rings (SSSR count). The topological polar surface area (TPSA) is 20.3 Å². The van der Waals surface area contributed by atoms with E-state index in [1.807, 2.05) is 0 Å². The number of nitrogens with zero attached hydrogens (tertiary/aromatic N) is 1. The summed E-state index contributed by atoms with van der Waals surface area (Å²) in [7, 11) is 4.20. The highest BCUT2D eigenvalue weighted by molar-refractivity contribution is 5.78. The molecule has 2 aromatic rings. The van der Waals surface area contributed by atoms with Gasteiger partial charge >= 0.3 is 0 Å². The van der Waals surface area contributed by atoms with Crippen LogP contribution in [0.25, 0.3) is 11.1 Å². The van der Waals surface area contributed by atoms with Gasteiger partial charge in [-0.15, -0.1) is 0 Å². The smallest absolute Gasteiger partial charge is 0.132 e. The lowest BCUT2D eigenvalue weighted by molar-refractivity contribution is -0.121. The molecule has 0 aliphatic rings. The maximum Gasteiger partial charge on any atom is 0.132 e. The van der Waals surface area contributed by atoms with Crippen molar-refractivity contribution in [2.45, 2.75) is 117 Å². The molecule has 0 heterocycles. The van der Waals surface area contributed by atoms with E-state index < -0.39 is 0 Å². The zero-order valence-corrected chi connectivity index (χ0v) is 23.9. The number of hydrogen-bond acceptors (Lipinski definition) is 2. The molecule has 1 unspecified atom stereocenters. The molecule has 0 amide bonds. The van der Waals surface area contributed by atoms with Crippen molar-refractivity contribution in [3.63, 3.8) is 0 Å². The average Bonchev–Trinajstić information content (AvgIpc) is 2.86. The first-order valence-electron chi connectivity index (χ1n) is 14.8. The molecular formula is C34H53NO. The fraction of sp³-hybridized carbons (Fsp3) is 0.618. The second kappa shape index (κ2) is 18.3. The zero-order valence-electron chi connectivity index (χ0n) is 23.9. The van der Waals surface area contributed by atoms with Gasteiger partial charge in [-0.2, -0.15) is 0 Å². The molecule has 2 heteroatoms. The van der Waals surface area contributed by atoms with Crippen molar-refractivity contribution in [1.29, 1.82) is 0 Å². The van der Waals surface area contributed by atoms with Crippen molar-refractivity contribution < 1.29 is 4.79 Å². The van der Waals surface area contributed by atoms with E-state index in [0.717, 1.165) is 32.2 Å². The molecule has 0 bridgehead atoms. The van der Waals surface area contributed by atoms with Gasteiger partial charge in [0, 0.05) is 12.5 Å². The number of rotatable bonds is 20. The van der Waals surface area contributed by atoms with Crippen LogP contribution in [0.1, 0.15) is 115 Å². The molecule has 36 heavy (non-hydrogen) atoms. The Morgan fingerprint density at radius 1 is 0.639 bits per heavy atom. The van der Waals surface area contributed by atoms with Crippen LogP contribution >= 0.6 is 0 Å². The fourth-order valence-corrected chi connectivity index (χ4v) is 5.19. The van der Waals surface area contributed by atoms with Gasteiger partial charge in [0.05, 0.1) is 0 Å². The average molecular weight is 492 g/mol. The molecule has 200 valence electrons. The van der Waals surface area contributed by atoms with Crippen molar-refractivity contribution in [1.82, 2.24) is 4.90 Å². The van der Waals surface area contributed by atoms with Crippen molar-refractivity contribution in [2.24, 2.45) is 5.92 Å². The number of ketones is 1. The Morgan fingerprint density at radius 2 is 1.08 bits per heavy atom. The Balaban J connectivity index is 1.62. The van der Waals surface area contributed by atoms with Crippen LogP contribution in [-0.2, 0) is 17.8 Å². The predicted octanol–water partition coefficient (Wildman–Crippen LogP) is 9.64. The van der Waals surface area contributed by atoms with Crippen LogP contribution < -0.4 is 0 Å². The van der Waals surface area contributed by atoms with E-state index in [2.05, 4.69) is 74.4 Å². The molecule has 2 nitrogen and oxygen atoms in total. The monoisotopic (exact) mass is 491 g/mol. The van der Waals surface area contributed by atoms with E-state index in [0.29, 0.717) is 5.78 Å². The minimum Gasteiger partial charge on any atom is -0.305 e. The summed E-state index contributed by atoms with van der Waals surface area (Å²) in [6.07, 6.45) is 19.3. The summed E-state index contributed by atoms with van der Waals surface area (Å²) >= 11 is 0. The van der Waals surface area contributed by atoms with E-state index in [1.165, 1.54) is 92.9 Å². The molecule has 0 aromatic heterocycles. The lowest BCUT2D eigenvalue weighted by atomic mass is 9.91. The van der Waals surface area contributed by atoms with Crippen molar-refractivity contribution in [2.75, 3.05) is 14.1 Å². The number of carbonyl (C=O) groups excluding carboxylic acids is 1. The molecular weight excluding hydrogens is 438 g/mol. The molecule has 0 radical (unpaired) electrons. The summed E-state index contributed by atoms with van der Waals surface area (Å²) in [6, 6.07) is 17.9. The van der Waals surface area contributed by atoms with Gasteiger partial charge in [0.2, 0.25) is 0 Å². The fourth-order valence-electron chi connectivity index (χ4n) is 5.19. The van der Waals surface area contributed by atoms with Gasteiger partial charge < -0.3 is 4.90 Å². The van der Waals surface area contributed by atoms with Crippen LogP contribution in [0, 0.1) is 5.92 Å². The predicted molar refractivity (Wildman–Crippen MR) is 157 cm³/mol. The van der Waals surface area contributed by atoms with Crippen LogP contribution in [0.2, 0.25) is 0 Å². The highest BCUT2D eigenvalue weighted by Crippen LogP contribution is 2.23. The Bertz CT molecular complexity index is 821. The Morgan fingerprint density at radius 3 is 1.56 bits per heavy atom. The van der Waals surface area contributed by atoms with Gasteiger partial charge in [-0.05, 0) is 69.0 Å². The lowest BCUT2D eigenvalue weighted by Gasteiger charge is -2.14. The van der Waals surface area contributed by atoms with Gasteiger partial charge in [-0.1, -0.05) is 126 Å². The first-order chi connectivity index (χ1) is 17.5. The molecule has 0 saturated heterocycles. The summed E-state index contributed by atoms with van der Waals surface area (Å²) < 4.78 is 0. The van der Waals surface area contributed by atoms with Crippen molar-refractivity contribution in [3.05, 3.63) is 59.7 Å². The highest BCUT2D eigenvalue weighted by Gasteiger charge is 2.13. The summed E-state index contributed by atoms with van der Waals surface area (Å²) in [5.74, 6) is 0.638. The van der Waals surface area contributed by atoms with Crippen LogP contribution in [0.4, 0.5) is 0 Å². The third-order valence-electron chi connectivity index (χ3n) is 7.49. The maximum atomic E-state index is 12.2. The standard InChI is InChI=1S/C34H53NO/c1-5-6-7-8-9-10-11-12-13-14-15-18-32(29(2)36)19-16-17-30-20-24-33(25-21-30)34-26-22-31(23-27-34)28-35(3)4/h20-27,32H,5-19,28H2,1-4H3. The molecule has 0 saturated carbocycles. The molecule has 0 aliphatic heterocycles. The van der Waals surface area contributed by atoms with Crippen LogP contribution in [0.15, 0.2) is 48.5 Å². The number of hydrogen-bond donors (Lipinski definition) is 0. The van der Waals surface area contributed by atoms with Gasteiger partial charge in [0.15, 0.2) is 0 Å². The second-order valence-electron chi connectivity index (χ2n) is 11.2. The Kier molecular flexibility index (Phi) is 15.4. The molecule has 0 aliphatic carbocycles. The van der Waals surface area contributed by atoms with E-state index in [4.69, 9.17) is 0 Å². The molecule has 1 atom stereocenters. The number of Topliss-reactive ketones (excluding diaryl/α,β-unsaturated/α-hetero) is 1. The summed E-state index contributed by atoms with van der Waals surface area (Å²) in [4.78, 5) is 14.4. The van der Waals surface area contributed by atoms with E-state index >= 15 is 0 Å². The first kappa shape index (κ1) is 30.3.